The molecule has 0 saturated carbocycles. The molecule has 0 aromatic carbocycles. The molecule has 1 aliphatic rings. The number of aromatic hydroxyl groups is 1. The topological polar surface area (TPSA) is 45.5 Å². The van der Waals surface area contributed by atoms with Crippen molar-refractivity contribution in [2.45, 2.75) is 52.1 Å². The van der Waals surface area contributed by atoms with Crippen LogP contribution in [0.15, 0.2) is 17.1 Å². The van der Waals surface area contributed by atoms with Crippen LogP contribution in [0.5, 0.6) is 5.75 Å². The number of hydrogen-bond donors (Lipinski definition) is 1. The lowest BCUT2D eigenvalue weighted by atomic mass is 10.1. The van der Waals surface area contributed by atoms with Gasteiger partial charge in [-0.05, 0) is 39.3 Å². The number of rotatable bonds is 4. The first kappa shape index (κ1) is 14.1. The summed E-state index contributed by atoms with van der Waals surface area (Å²) >= 11 is 0. The van der Waals surface area contributed by atoms with Crippen LogP contribution in [0.1, 0.15) is 51.3 Å². The lowest BCUT2D eigenvalue weighted by Crippen LogP contribution is -2.31. The van der Waals surface area contributed by atoms with Crippen molar-refractivity contribution in [3.05, 3.63) is 28.2 Å². The smallest absolute Gasteiger partial charge is 0.223 e. The van der Waals surface area contributed by atoms with E-state index in [-0.39, 0.29) is 11.2 Å². The molecule has 1 aromatic rings. The summed E-state index contributed by atoms with van der Waals surface area (Å²) < 4.78 is 2.05. The van der Waals surface area contributed by atoms with Gasteiger partial charge in [-0.25, -0.2) is 0 Å². The van der Waals surface area contributed by atoms with Crippen LogP contribution in [-0.2, 0) is 6.54 Å². The Morgan fingerprint density at radius 2 is 2.00 bits per heavy atom. The minimum absolute atomic E-state index is 0.150. The minimum atomic E-state index is -0.272. The number of piperidine rings is 1. The second-order valence-corrected chi connectivity index (χ2v) is 5.52. The zero-order valence-electron chi connectivity index (χ0n) is 11.9. The highest BCUT2D eigenvalue weighted by Crippen LogP contribution is 2.19. The van der Waals surface area contributed by atoms with Crippen LogP contribution < -0.4 is 5.43 Å². The maximum absolute atomic E-state index is 11.7. The first-order chi connectivity index (χ1) is 9.11. The van der Waals surface area contributed by atoms with E-state index >= 15 is 0 Å². The maximum Gasteiger partial charge on any atom is 0.223 e. The summed E-state index contributed by atoms with van der Waals surface area (Å²) in [7, 11) is 0. The van der Waals surface area contributed by atoms with E-state index < -0.39 is 0 Å². The van der Waals surface area contributed by atoms with Gasteiger partial charge in [-0.15, -0.1) is 0 Å². The van der Waals surface area contributed by atoms with Crippen molar-refractivity contribution >= 4 is 0 Å². The molecule has 2 rings (SSSR count). The second-order valence-electron chi connectivity index (χ2n) is 5.52. The number of aromatic nitrogens is 1. The summed E-state index contributed by atoms with van der Waals surface area (Å²) in [5.74, 6) is -0.150. The molecule has 2 heterocycles. The molecule has 19 heavy (non-hydrogen) atoms. The minimum Gasteiger partial charge on any atom is -0.503 e. The molecular formula is C15H24N2O2. The summed E-state index contributed by atoms with van der Waals surface area (Å²) in [5.41, 5.74) is 0.741. The number of nitrogens with zero attached hydrogens (tertiary/aromatic N) is 2. The predicted molar refractivity (Wildman–Crippen MR) is 76.5 cm³/mol. The molecular weight excluding hydrogens is 240 g/mol. The molecule has 1 aliphatic heterocycles. The predicted octanol–water partition coefficient (Wildman–Crippen LogP) is 2.51. The fraction of sp³-hybridized carbons (Fsp3) is 0.667. The van der Waals surface area contributed by atoms with E-state index in [4.69, 9.17) is 0 Å². The van der Waals surface area contributed by atoms with Crippen LogP contribution >= 0.6 is 0 Å². The Labute approximate surface area is 114 Å². The van der Waals surface area contributed by atoms with Crippen molar-refractivity contribution in [3.63, 3.8) is 0 Å². The zero-order chi connectivity index (χ0) is 13.8. The van der Waals surface area contributed by atoms with Gasteiger partial charge < -0.3 is 9.67 Å². The van der Waals surface area contributed by atoms with Gasteiger partial charge in [-0.3, -0.25) is 9.69 Å². The summed E-state index contributed by atoms with van der Waals surface area (Å²) in [6.45, 7) is 7.25. The molecule has 0 spiro atoms. The lowest BCUT2D eigenvalue weighted by Gasteiger charge is -2.29. The SMILES string of the molecule is CCC(C)n1cc(O)c(=O)cc1CN1CCCCC1. The van der Waals surface area contributed by atoms with Gasteiger partial charge in [0.2, 0.25) is 5.43 Å². The summed E-state index contributed by atoms with van der Waals surface area (Å²) in [4.78, 5) is 14.1. The third kappa shape index (κ3) is 3.38. The molecule has 1 aromatic heterocycles. The zero-order valence-corrected chi connectivity index (χ0v) is 11.9. The third-order valence-corrected chi connectivity index (χ3v) is 4.04. The van der Waals surface area contributed by atoms with Crippen molar-refractivity contribution < 1.29 is 5.11 Å². The molecule has 0 radical (unpaired) electrons. The van der Waals surface area contributed by atoms with E-state index in [1.165, 1.54) is 19.3 Å². The van der Waals surface area contributed by atoms with E-state index in [1.54, 1.807) is 12.3 Å². The molecule has 4 nitrogen and oxygen atoms in total. The van der Waals surface area contributed by atoms with Gasteiger partial charge in [0.15, 0.2) is 5.75 Å². The summed E-state index contributed by atoms with van der Waals surface area (Å²) in [6.07, 6.45) is 6.37. The van der Waals surface area contributed by atoms with Crippen LogP contribution in [0.2, 0.25) is 0 Å². The van der Waals surface area contributed by atoms with E-state index in [2.05, 4.69) is 18.7 Å². The first-order valence-electron chi connectivity index (χ1n) is 7.28. The standard InChI is InChI=1S/C15H24N2O2/c1-3-12(2)17-11-15(19)14(18)9-13(17)10-16-7-5-4-6-8-16/h9,11-12,19H,3-8,10H2,1-2H3. The maximum atomic E-state index is 11.7. The van der Waals surface area contributed by atoms with Crippen molar-refractivity contribution in [1.29, 1.82) is 0 Å². The Morgan fingerprint density at radius 1 is 1.32 bits per heavy atom. The average Bonchev–Trinajstić information content (AvgIpc) is 2.43. The average molecular weight is 264 g/mol. The Balaban J connectivity index is 2.26. The van der Waals surface area contributed by atoms with Crippen molar-refractivity contribution in [1.82, 2.24) is 9.47 Å². The Hall–Kier alpha value is -1.29. The number of pyridine rings is 1. The molecule has 106 valence electrons. The third-order valence-electron chi connectivity index (χ3n) is 4.04. The molecule has 1 atom stereocenters. The molecule has 1 unspecified atom stereocenters. The highest BCUT2D eigenvalue weighted by Gasteiger charge is 2.15. The lowest BCUT2D eigenvalue weighted by molar-refractivity contribution is 0.213. The first-order valence-corrected chi connectivity index (χ1v) is 7.28. The monoisotopic (exact) mass is 264 g/mol. The van der Waals surface area contributed by atoms with Crippen LogP contribution in [0.25, 0.3) is 0 Å². The molecule has 4 heteroatoms. The van der Waals surface area contributed by atoms with Gasteiger partial charge in [0.05, 0.1) is 6.20 Å². The molecule has 0 amide bonds. The highest BCUT2D eigenvalue weighted by molar-refractivity contribution is 5.21. The van der Waals surface area contributed by atoms with Gasteiger partial charge in [0, 0.05) is 24.3 Å². The molecule has 1 N–H and O–H groups in total. The molecule has 1 saturated heterocycles. The largest absolute Gasteiger partial charge is 0.503 e. The Bertz CT molecular complexity index is 476. The van der Waals surface area contributed by atoms with Crippen molar-refractivity contribution in [2.24, 2.45) is 0 Å². The molecule has 0 aliphatic carbocycles. The summed E-state index contributed by atoms with van der Waals surface area (Å²) in [6, 6.07) is 1.89. The number of likely N-dealkylation sites (tertiary alicyclic amines) is 1. The quantitative estimate of drug-likeness (QED) is 0.909. The van der Waals surface area contributed by atoms with E-state index in [0.717, 1.165) is 31.7 Å². The number of hydrogen-bond acceptors (Lipinski definition) is 3. The Morgan fingerprint density at radius 3 is 2.63 bits per heavy atom. The Kier molecular flexibility index (Phi) is 4.64. The van der Waals surface area contributed by atoms with Crippen molar-refractivity contribution in [2.75, 3.05) is 13.1 Å². The van der Waals surface area contributed by atoms with Crippen molar-refractivity contribution in [3.8, 4) is 5.75 Å². The summed E-state index contributed by atoms with van der Waals surface area (Å²) in [5, 5.41) is 9.63. The highest BCUT2D eigenvalue weighted by atomic mass is 16.3. The van der Waals surface area contributed by atoms with Gasteiger partial charge in [0.25, 0.3) is 0 Å². The second kappa shape index (κ2) is 6.24. The normalized spacial score (nSPS) is 18.4. The van der Waals surface area contributed by atoms with Crippen LogP contribution in [0, 0.1) is 0 Å². The van der Waals surface area contributed by atoms with Crippen LogP contribution in [-0.4, -0.2) is 27.7 Å². The van der Waals surface area contributed by atoms with Gasteiger partial charge in [-0.1, -0.05) is 13.3 Å². The van der Waals surface area contributed by atoms with E-state index in [0.29, 0.717) is 6.04 Å². The van der Waals surface area contributed by atoms with Gasteiger partial charge in [-0.2, -0.15) is 0 Å². The molecule has 1 fully saturated rings. The van der Waals surface area contributed by atoms with E-state index in [9.17, 15) is 9.90 Å². The van der Waals surface area contributed by atoms with Crippen LogP contribution in [0.3, 0.4) is 0 Å². The molecule has 0 bridgehead atoms. The van der Waals surface area contributed by atoms with Crippen LogP contribution in [0.4, 0.5) is 0 Å². The fourth-order valence-electron chi connectivity index (χ4n) is 2.66. The fourth-order valence-corrected chi connectivity index (χ4v) is 2.66. The van der Waals surface area contributed by atoms with Gasteiger partial charge in [0.1, 0.15) is 0 Å². The van der Waals surface area contributed by atoms with E-state index in [1.807, 2.05) is 4.57 Å². The van der Waals surface area contributed by atoms with Gasteiger partial charge >= 0.3 is 0 Å².